The van der Waals surface area contributed by atoms with Crippen LogP contribution in [0.4, 0.5) is 0 Å². The molecule has 0 amide bonds. The van der Waals surface area contributed by atoms with Crippen molar-refractivity contribution in [3.8, 4) is 17.2 Å². The monoisotopic (exact) mass is 385 g/mol. The zero-order valence-corrected chi connectivity index (χ0v) is 17.2. The molecule has 152 valence electrons. The maximum absolute atomic E-state index is 11.7. The Bertz CT molecular complexity index is 779. The lowest BCUT2D eigenvalue weighted by Gasteiger charge is -2.44. The minimum absolute atomic E-state index is 0.0546. The summed E-state index contributed by atoms with van der Waals surface area (Å²) in [4.78, 5) is 2.13. The fourth-order valence-corrected chi connectivity index (χ4v) is 4.13. The molecule has 2 aromatic carbocycles. The third-order valence-corrected chi connectivity index (χ3v) is 5.57. The summed E-state index contributed by atoms with van der Waals surface area (Å²) in [7, 11) is 7.39. The lowest BCUT2D eigenvalue weighted by molar-refractivity contribution is -0.0875. The van der Waals surface area contributed by atoms with Gasteiger partial charge in [0.1, 0.15) is 17.2 Å². The normalized spacial score (nSPS) is 24.8. The Morgan fingerprint density at radius 3 is 2.32 bits per heavy atom. The summed E-state index contributed by atoms with van der Waals surface area (Å²) in [6.45, 7) is 0.783. The van der Waals surface area contributed by atoms with Gasteiger partial charge in [-0.2, -0.15) is 0 Å². The van der Waals surface area contributed by atoms with Crippen LogP contribution in [0.25, 0.3) is 0 Å². The summed E-state index contributed by atoms with van der Waals surface area (Å²) in [5.41, 5.74) is 0.0195. The number of hydrogen-bond acceptors (Lipinski definition) is 5. The van der Waals surface area contributed by atoms with Crippen molar-refractivity contribution >= 4 is 0 Å². The van der Waals surface area contributed by atoms with E-state index >= 15 is 0 Å². The fourth-order valence-electron chi connectivity index (χ4n) is 4.13. The Morgan fingerprint density at radius 2 is 1.64 bits per heavy atom. The largest absolute Gasteiger partial charge is 0.497 e. The Balaban J connectivity index is 1.80. The highest BCUT2D eigenvalue weighted by molar-refractivity contribution is 5.34. The second-order valence-electron chi connectivity index (χ2n) is 7.81. The highest BCUT2D eigenvalue weighted by Crippen LogP contribution is 2.44. The molecule has 1 fully saturated rings. The summed E-state index contributed by atoms with van der Waals surface area (Å²) in [6, 6.07) is 15.5. The smallest absolute Gasteiger partial charge is 0.123 e. The van der Waals surface area contributed by atoms with Crippen LogP contribution < -0.4 is 14.2 Å². The van der Waals surface area contributed by atoms with Gasteiger partial charge in [0, 0.05) is 18.5 Å². The predicted octanol–water partition coefficient (Wildman–Crippen LogP) is 3.70. The van der Waals surface area contributed by atoms with Crippen molar-refractivity contribution in [3.63, 3.8) is 0 Å². The van der Waals surface area contributed by atoms with Crippen molar-refractivity contribution < 1.29 is 19.3 Å². The van der Waals surface area contributed by atoms with E-state index in [2.05, 4.69) is 4.90 Å². The molecule has 0 heterocycles. The molecular weight excluding hydrogens is 354 g/mol. The molecule has 2 aromatic rings. The first-order valence-corrected chi connectivity index (χ1v) is 9.77. The zero-order chi connectivity index (χ0) is 20.1. The van der Waals surface area contributed by atoms with E-state index < -0.39 is 5.60 Å². The van der Waals surface area contributed by atoms with Crippen LogP contribution >= 0.6 is 0 Å². The van der Waals surface area contributed by atoms with Gasteiger partial charge in [0.2, 0.25) is 0 Å². The van der Waals surface area contributed by atoms with E-state index in [9.17, 15) is 5.11 Å². The minimum atomic E-state index is -0.896. The quantitative estimate of drug-likeness (QED) is 0.788. The summed E-state index contributed by atoms with van der Waals surface area (Å²) in [5, 5.41) is 11.7. The number of rotatable bonds is 7. The van der Waals surface area contributed by atoms with Crippen LogP contribution in [0.15, 0.2) is 48.5 Å². The molecule has 1 N–H and O–H groups in total. The number of methoxy groups -OCH3 is 2. The van der Waals surface area contributed by atoms with E-state index in [0.717, 1.165) is 42.2 Å². The third kappa shape index (κ3) is 4.59. The zero-order valence-electron chi connectivity index (χ0n) is 17.2. The molecule has 0 aromatic heterocycles. The van der Waals surface area contributed by atoms with Gasteiger partial charge in [-0.3, -0.25) is 0 Å². The molecule has 0 aliphatic heterocycles. The third-order valence-electron chi connectivity index (χ3n) is 5.57. The number of nitrogens with zero attached hydrogens (tertiary/aromatic N) is 1. The van der Waals surface area contributed by atoms with Gasteiger partial charge in [-0.05, 0) is 63.2 Å². The van der Waals surface area contributed by atoms with Gasteiger partial charge in [-0.15, -0.1) is 0 Å². The van der Waals surface area contributed by atoms with E-state index in [1.165, 1.54) is 0 Å². The second kappa shape index (κ2) is 8.84. The summed E-state index contributed by atoms with van der Waals surface area (Å²) >= 11 is 0. The van der Waals surface area contributed by atoms with Gasteiger partial charge in [0.25, 0.3) is 0 Å². The molecule has 3 unspecified atom stereocenters. The SMILES string of the molecule is COc1cccc(OC2CCC(O)(c3cccc(OC)c3)C(CN(C)C)C2)c1. The first-order chi connectivity index (χ1) is 13.4. The van der Waals surface area contributed by atoms with Gasteiger partial charge >= 0.3 is 0 Å². The van der Waals surface area contributed by atoms with Crippen LogP contribution in [-0.2, 0) is 5.60 Å². The van der Waals surface area contributed by atoms with Crippen molar-refractivity contribution in [1.29, 1.82) is 0 Å². The average Bonchev–Trinajstić information content (AvgIpc) is 2.70. The van der Waals surface area contributed by atoms with Crippen molar-refractivity contribution in [1.82, 2.24) is 4.90 Å². The first-order valence-electron chi connectivity index (χ1n) is 9.77. The van der Waals surface area contributed by atoms with Gasteiger partial charge in [0.05, 0.1) is 25.9 Å². The van der Waals surface area contributed by atoms with Crippen LogP contribution in [0.2, 0.25) is 0 Å². The molecule has 0 saturated heterocycles. The Kier molecular flexibility index (Phi) is 6.47. The molecule has 1 saturated carbocycles. The van der Waals surface area contributed by atoms with Gasteiger partial charge in [0.15, 0.2) is 0 Å². The molecule has 3 atom stereocenters. The molecule has 1 aliphatic carbocycles. The van der Waals surface area contributed by atoms with E-state index in [0.29, 0.717) is 6.42 Å². The molecule has 28 heavy (non-hydrogen) atoms. The number of benzene rings is 2. The Labute approximate surface area is 167 Å². The van der Waals surface area contributed by atoms with Crippen molar-refractivity contribution in [2.45, 2.75) is 31.0 Å². The lowest BCUT2D eigenvalue weighted by atomic mass is 9.70. The molecule has 5 nitrogen and oxygen atoms in total. The molecule has 0 radical (unpaired) electrons. The number of hydrogen-bond donors (Lipinski definition) is 1. The van der Waals surface area contributed by atoms with Crippen LogP contribution in [0.3, 0.4) is 0 Å². The van der Waals surface area contributed by atoms with E-state index in [1.54, 1.807) is 14.2 Å². The van der Waals surface area contributed by atoms with Gasteiger partial charge < -0.3 is 24.2 Å². The average molecular weight is 386 g/mol. The summed E-state index contributed by atoms with van der Waals surface area (Å²) < 4.78 is 16.9. The van der Waals surface area contributed by atoms with Crippen LogP contribution in [0, 0.1) is 5.92 Å². The van der Waals surface area contributed by atoms with E-state index in [1.807, 2.05) is 62.6 Å². The molecule has 1 aliphatic rings. The van der Waals surface area contributed by atoms with Crippen molar-refractivity contribution in [2.75, 3.05) is 34.9 Å². The van der Waals surface area contributed by atoms with Crippen LogP contribution in [0.1, 0.15) is 24.8 Å². The molecular formula is C23H31NO4. The van der Waals surface area contributed by atoms with E-state index in [-0.39, 0.29) is 12.0 Å². The predicted molar refractivity (Wildman–Crippen MR) is 110 cm³/mol. The van der Waals surface area contributed by atoms with Crippen molar-refractivity contribution in [2.24, 2.45) is 5.92 Å². The van der Waals surface area contributed by atoms with Gasteiger partial charge in [-0.1, -0.05) is 18.2 Å². The molecule has 5 heteroatoms. The highest BCUT2D eigenvalue weighted by atomic mass is 16.5. The highest BCUT2D eigenvalue weighted by Gasteiger charge is 2.44. The van der Waals surface area contributed by atoms with Crippen molar-refractivity contribution in [3.05, 3.63) is 54.1 Å². The Morgan fingerprint density at radius 1 is 1.00 bits per heavy atom. The minimum Gasteiger partial charge on any atom is -0.497 e. The maximum atomic E-state index is 11.7. The molecule has 0 bridgehead atoms. The van der Waals surface area contributed by atoms with Crippen LogP contribution in [-0.4, -0.2) is 51.0 Å². The number of ether oxygens (including phenoxy) is 3. The second-order valence-corrected chi connectivity index (χ2v) is 7.81. The molecule has 0 spiro atoms. The maximum Gasteiger partial charge on any atom is 0.123 e. The standard InChI is InChI=1S/C23H31NO4/c1-24(2)16-18-14-22(28-21-10-6-9-20(15-21)27-4)11-12-23(18,25)17-7-5-8-19(13-17)26-3/h5-10,13,15,18,22,25H,11-12,14,16H2,1-4H3. The Hall–Kier alpha value is -2.24. The van der Waals surface area contributed by atoms with Crippen LogP contribution in [0.5, 0.6) is 17.2 Å². The summed E-state index contributed by atoms with van der Waals surface area (Å²) in [6.07, 6.45) is 2.27. The summed E-state index contributed by atoms with van der Waals surface area (Å²) in [5.74, 6) is 2.41. The first kappa shape index (κ1) is 20.5. The van der Waals surface area contributed by atoms with Gasteiger partial charge in [-0.25, -0.2) is 0 Å². The molecule has 3 rings (SSSR count). The number of aliphatic hydroxyl groups is 1. The topological polar surface area (TPSA) is 51.2 Å². The van der Waals surface area contributed by atoms with E-state index in [4.69, 9.17) is 14.2 Å². The fraction of sp³-hybridized carbons (Fsp3) is 0.478. The lowest BCUT2D eigenvalue weighted by Crippen LogP contribution is -2.47.